The lowest BCUT2D eigenvalue weighted by Gasteiger charge is -2.11. The summed E-state index contributed by atoms with van der Waals surface area (Å²) in [5, 5.41) is 3.37. The molecule has 94 valence electrons. The minimum Gasteiger partial charge on any atom is -0.495 e. The van der Waals surface area contributed by atoms with Gasteiger partial charge >= 0.3 is 0 Å². The highest BCUT2D eigenvalue weighted by atomic mass is 79.9. The number of benzene rings is 1. The predicted octanol–water partition coefficient (Wildman–Crippen LogP) is 3.95. The van der Waals surface area contributed by atoms with E-state index < -0.39 is 0 Å². The highest BCUT2D eigenvalue weighted by Gasteiger charge is 2.06. The average molecular weight is 329 g/mol. The number of aromatic nitrogens is 2. The molecule has 0 fully saturated rings. The van der Waals surface area contributed by atoms with Gasteiger partial charge in [-0.3, -0.25) is 0 Å². The lowest BCUT2D eigenvalue weighted by Crippen LogP contribution is -1.98. The fraction of sp³-hybridized carbons (Fsp3) is 0.167. The van der Waals surface area contributed by atoms with Crippen LogP contribution in [0.4, 0.5) is 11.5 Å². The molecule has 1 aromatic carbocycles. The van der Waals surface area contributed by atoms with Gasteiger partial charge in [0.2, 0.25) is 5.28 Å². The zero-order valence-electron chi connectivity index (χ0n) is 9.87. The van der Waals surface area contributed by atoms with Crippen molar-refractivity contribution in [3.05, 3.63) is 39.7 Å². The number of aryl methyl sites for hydroxylation is 1. The Labute approximate surface area is 118 Å². The molecule has 2 rings (SSSR count). The van der Waals surface area contributed by atoms with E-state index in [0.29, 0.717) is 5.82 Å². The van der Waals surface area contributed by atoms with E-state index in [4.69, 9.17) is 16.3 Å². The number of nitrogens with zero attached hydrogens (tertiary/aromatic N) is 2. The normalized spacial score (nSPS) is 10.2. The molecule has 6 heteroatoms. The number of methoxy groups -OCH3 is 1. The molecule has 18 heavy (non-hydrogen) atoms. The Morgan fingerprint density at radius 2 is 2.06 bits per heavy atom. The lowest BCUT2D eigenvalue weighted by atomic mass is 10.3. The van der Waals surface area contributed by atoms with Crippen LogP contribution in [-0.4, -0.2) is 17.1 Å². The van der Waals surface area contributed by atoms with E-state index in [2.05, 4.69) is 31.2 Å². The van der Waals surface area contributed by atoms with Crippen molar-refractivity contribution in [2.24, 2.45) is 0 Å². The molecule has 0 aliphatic rings. The first kappa shape index (κ1) is 13.1. The minimum absolute atomic E-state index is 0.214. The van der Waals surface area contributed by atoms with Gasteiger partial charge in [-0.1, -0.05) is 15.9 Å². The average Bonchev–Trinajstić information content (AvgIpc) is 2.27. The highest BCUT2D eigenvalue weighted by Crippen LogP contribution is 2.30. The molecule has 0 unspecified atom stereocenters. The van der Waals surface area contributed by atoms with E-state index in [1.807, 2.05) is 31.2 Å². The van der Waals surface area contributed by atoms with Crippen LogP contribution < -0.4 is 10.1 Å². The second-order valence-electron chi connectivity index (χ2n) is 3.63. The standard InChI is InChI=1S/C12H11BrClN3O/c1-7-5-11(17-12(14)15-7)16-9-6-8(13)3-4-10(9)18-2/h3-6H,1-2H3,(H,15,16,17). The van der Waals surface area contributed by atoms with Gasteiger partial charge in [-0.05, 0) is 36.7 Å². The highest BCUT2D eigenvalue weighted by molar-refractivity contribution is 9.10. The van der Waals surface area contributed by atoms with E-state index in [-0.39, 0.29) is 5.28 Å². The molecule has 1 heterocycles. The monoisotopic (exact) mass is 327 g/mol. The third kappa shape index (κ3) is 3.11. The van der Waals surface area contributed by atoms with E-state index >= 15 is 0 Å². The number of halogens is 2. The van der Waals surface area contributed by atoms with Gasteiger partial charge in [-0.2, -0.15) is 0 Å². The molecule has 0 spiro atoms. The number of rotatable bonds is 3. The molecule has 2 aromatic rings. The minimum atomic E-state index is 0.214. The molecule has 0 atom stereocenters. The van der Waals surface area contributed by atoms with Crippen molar-refractivity contribution >= 4 is 39.0 Å². The van der Waals surface area contributed by atoms with Crippen molar-refractivity contribution in [1.82, 2.24) is 9.97 Å². The van der Waals surface area contributed by atoms with E-state index in [1.165, 1.54) is 0 Å². The Hall–Kier alpha value is -1.33. The fourth-order valence-corrected chi connectivity index (χ4v) is 2.10. The largest absolute Gasteiger partial charge is 0.495 e. The number of nitrogens with one attached hydrogen (secondary N) is 1. The fourth-order valence-electron chi connectivity index (χ4n) is 1.51. The summed E-state index contributed by atoms with van der Waals surface area (Å²) < 4.78 is 6.22. The van der Waals surface area contributed by atoms with E-state index in [9.17, 15) is 0 Å². The van der Waals surface area contributed by atoms with E-state index in [0.717, 1.165) is 21.6 Å². The molecular weight excluding hydrogens is 318 g/mol. The van der Waals surface area contributed by atoms with Crippen molar-refractivity contribution < 1.29 is 4.74 Å². The van der Waals surface area contributed by atoms with Gasteiger partial charge in [0.25, 0.3) is 0 Å². The van der Waals surface area contributed by atoms with Gasteiger partial charge in [0.15, 0.2) is 0 Å². The van der Waals surface area contributed by atoms with Gasteiger partial charge in [0.1, 0.15) is 11.6 Å². The summed E-state index contributed by atoms with van der Waals surface area (Å²) in [5.41, 5.74) is 1.60. The summed E-state index contributed by atoms with van der Waals surface area (Å²) in [6, 6.07) is 7.49. The SMILES string of the molecule is COc1ccc(Br)cc1Nc1cc(C)nc(Cl)n1. The Bertz CT molecular complexity index is 557. The topological polar surface area (TPSA) is 47.0 Å². The number of anilines is 2. The summed E-state index contributed by atoms with van der Waals surface area (Å²) in [4.78, 5) is 8.12. The molecule has 0 aliphatic heterocycles. The van der Waals surface area contributed by atoms with Crippen LogP contribution in [0.15, 0.2) is 28.7 Å². The number of hydrogen-bond acceptors (Lipinski definition) is 4. The zero-order chi connectivity index (χ0) is 13.1. The second-order valence-corrected chi connectivity index (χ2v) is 4.89. The summed E-state index contributed by atoms with van der Waals surface area (Å²) >= 11 is 9.23. The summed E-state index contributed by atoms with van der Waals surface area (Å²) in [6.45, 7) is 1.86. The lowest BCUT2D eigenvalue weighted by molar-refractivity contribution is 0.416. The van der Waals surface area contributed by atoms with Crippen LogP contribution in [0.5, 0.6) is 5.75 Å². The van der Waals surface area contributed by atoms with Gasteiger partial charge in [0, 0.05) is 16.2 Å². The van der Waals surface area contributed by atoms with Crippen LogP contribution in [0.25, 0.3) is 0 Å². The van der Waals surface area contributed by atoms with Crippen molar-refractivity contribution in [1.29, 1.82) is 0 Å². The maximum absolute atomic E-state index is 5.82. The van der Waals surface area contributed by atoms with Crippen molar-refractivity contribution in [3.63, 3.8) is 0 Å². The maximum atomic E-state index is 5.82. The van der Waals surface area contributed by atoms with Crippen molar-refractivity contribution in [3.8, 4) is 5.75 Å². The predicted molar refractivity (Wildman–Crippen MR) is 75.8 cm³/mol. The summed E-state index contributed by atoms with van der Waals surface area (Å²) in [5.74, 6) is 1.36. The first-order chi connectivity index (χ1) is 8.58. The third-order valence-electron chi connectivity index (χ3n) is 2.25. The third-order valence-corrected chi connectivity index (χ3v) is 2.91. The molecule has 1 N–H and O–H groups in total. The van der Waals surface area contributed by atoms with Crippen LogP contribution in [0.2, 0.25) is 5.28 Å². The van der Waals surface area contributed by atoms with Crippen LogP contribution in [0, 0.1) is 6.92 Å². The molecule has 1 aromatic heterocycles. The molecule has 0 aliphatic carbocycles. The quantitative estimate of drug-likeness (QED) is 0.867. The number of hydrogen-bond donors (Lipinski definition) is 1. The Morgan fingerprint density at radius 1 is 1.28 bits per heavy atom. The molecule has 0 bridgehead atoms. The Morgan fingerprint density at radius 3 is 2.72 bits per heavy atom. The van der Waals surface area contributed by atoms with E-state index in [1.54, 1.807) is 7.11 Å². The van der Waals surface area contributed by atoms with Gasteiger partial charge < -0.3 is 10.1 Å². The van der Waals surface area contributed by atoms with Crippen molar-refractivity contribution in [2.45, 2.75) is 6.92 Å². The van der Waals surface area contributed by atoms with Gasteiger partial charge in [-0.15, -0.1) is 0 Å². The molecule has 0 amide bonds. The zero-order valence-corrected chi connectivity index (χ0v) is 12.2. The number of ether oxygens (including phenoxy) is 1. The molecule has 4 nitrogen and oxygen atoms in total. The summed E-state index contributed by atoms with van der Waals surface area (Å²) in [6.07, 6.45) is 0. The first-order valence-electron chi connectivity index (χ1n) is 5.20. The molecule has 0 saturated heterocycles. The van der Waals surface area contributed by atoms with Crippen LogP contribution in [0.1, 0.15) is 5.69 Å². The van der Waals surface area contributed by atoms with Crippen LogP contribution in [-0.2, 0) is 0 Å². The Kier molecular flexibility index (Phi) is 4.04. The second kappa shape index (κ2) is 5.54. The van der Waals surface area contributed by atoms with Gasteiger partial charge in [-0.25, -0.2) is 9.97 Å². The smallest absolute Gasteiger partial charge is 0.224 e. The van der Waals surface area contributed by atoms with Crippen molar-refractivity contribution in [2.75, 3.05) is 12.4 Å². The molecular formula is C12H11BrClN3O. The molecule has 0 radical (unpaired) electrons. The first-order valence-corrected chi connectivity index (χ1v) is 6.37. The maximum Gasteiger partial charge on any atom is 0.224 e. The molecule has 0 saturated carbocycles. The van der Waals surface area contributed by atoms with Crippen LogP contribution in [0.3, 0.4) is 0 Å². The Balaban J connectivity index is 2.35. The summed E-state index contributed by atoms with van der Waals surface area (Å²) in [7, 11) is 1.62. The van der Waals surface area contributed by atoms with Crippen LogP contribution >= 0.6 is 27.5 Å². The van der Waals surface area contributed by atoms with Gasteiger partial charge in [0.05, 0.1) is 12.8 Å².